The van der Waals surface area contributed by atoms with Gasteiger partial charge in [0.05, 0.1) is 5.83 Å². The molecule has 0 bridgehead atoms. The van der Waals surface area contributed by atoms with Crippen molar-refractivity contribution in [3.8, 4) is 0 Å². The molecule has 0 rings (SSSR count). The van der Waals surface area contributed by atoms with Crippen molar-refractivity contribution < 1.29 is 4.39 Å². The van der Waals surface area contributed by atoms with E-state index in [0.717, 1.165) is 5.57 Å². The van der Waals surface area contributed by atoms with Crippen molar-refractivity contribution in [2.24, 2.45) is 0 Å². The van der Waals surface area contributed by atoms with Crippen LogP contribution in [0.1, 0.15) is 41.0 Å². The highest BCUT2D eigenvalue weighted by Gasteiger charge is 1.83. The van der Waals surface area contributed by atoms with Gasteiger partial charge in [-0.3, -0.25) is 0 Å². The van der Waals surface area contributed by atoms with E-state index in [1.165, 1.54) is 6.08 Å². The van der Waals surface area contributed by atoms with E-state index in [1.807, 2.05) is 27.7 Å². The van der Waals surface area contributed by atoms with E-state index in [2.05, 4.69) is 0 Å². The quantitative estimate of drug-likeness (QED) is 0.527. The first-order valence-corrected chi connectivity index (χ1v) is 4.16. The molecule has 0 aliphatic heterocycles. The van der Waals surface area contributed by atoms with Crippen LogP contribution in [0.25, 0.3) is 0 Å². The molecule has 0 saturated carbocycles. The van der Waals surface area contributed by atoms with E-state index in [4.69, 9.17) is 0 Å². The maximum atomic E-state index is 12.3. The van der Waals surface area contributed by atoms with E-state index in [-0.39, 0.29) is 5.83 Å². The number of rotatable bonds is 2. The molecule has 1 heteroatoms. The van der Waals surface area contributed by atoms with Crippen LogP contribution in [0.3, 0.4) is 0 Å². The van der Waals surface area contributed by atoms with Gasteiger partial charge in [0.2, 0.25) is 0 Å². The fourth-order valence-corrected chi connectivity index (χ4v) is 0.375. The first kappa shape index (κ1) is 13.0. The second kappa shape index (κ2) is 9.41. The Kier molecular flexibility index (Phi) is 11.1. The molecule has 0 fully saturated rings. The number of halogens is 1. The Labute approximate surface area is 69.8 Å². The Morgan fingerprint density at radius 2 is 1.64 bits per heavy atom. The summed E-state index contributed by atoms with van der Waals surface area (Å²) in [6.07, 6.45) is 3.78. The third-order valence-corrected chi connectivity index (χ3v) is 0.935. The number of hydrogen-bond donors (Lipinski definition) is 0. The van der Waals surface area contributed by atoms with Gasteiger partial charge in [0.25, 0.3) is 0 Å². The lowest BCUT2D eigenvalue weighted by atomic mass is 10.3. The highest BCUT2D eigenvalue weighted by atomic mass is 19.1. The molecule has 0 aliphatic carbocycles. The summed E-state index contributed by atoms with van der Waals surface area (Å²) >= 11 is 0. The first-order valence-electron chi connectivity index (χ1n) is 4.16. The average molecular weight is 158 g/mol. The summed E-state index contributed by atoms with van der Waals surface area (Å²) in [4.78, 5) is 0. The Morgan fingerprint density at radius 3 is 1.91 bits per heavy atom. The van der Waals surface area contributed by atoms with Crippen LogP contribution in [0.4, 0.5) is 4.39 Å². The minimum atomic E-state index is -0.0591. The fourth-order valence-electron chi connectivity index (χ4n) is 0.375. The number of allylic oxidation sites excluding steroid dienone is 4. The third-order valence-electron chi connectivity index (χ3n) is 0.935. The van der Waals surface area contributed by atoms with Crippen LogP contribution in [0.15, 0.2) is 23.6 Å². The zero-order valence-electron chi connectivity index (χ0n) is 8.24. The summed E-state index contributed by atoms with van der Waals surface area (Å²) in [6, 6.07) is 0. The minimum Gasteiger partial charge on any atom is -0.212 e. The molecule has 0 heterocycles. The Balaban J connectivity index is 0. The van der Waals surface area contributed by atoms with Gasteiger partial charge in [-0.05, 0) is 26.3 Å². The molecular formula is C10H19F. The van der Waals surface area contributed by atoms with E-state index in [9.17, 15) is 4.39 Å². The molecule has 0 saturated heterocycles. The molecule has 0 aliphatic rings. The van der Waals surface area contributed by atoms with Crippen LogP contribution in [-0.4, -0.2) is 0 Å². The molecule has 66 valence electrons. The van der Waals surface area contributed by atoms with Crippen molar-refractivity contribution >= 4 is 0 Å². The van der Waals surface area contributed by atoms with Crippen LogP contribution in [0.5, 0.6) is 0 Å². The monoisotopic (exact) mass is 158 g/mol. The lowest BCUT2D eigenvalue weighted by Gasteiger charge is -1.85. The van der Waals surface area contributed by atoms with Crippen LogP contribution < -0.4 is 0 Å². The minimum absolute atomic E-state index is 0.0591. The summed E-state index contributed by atoms with van der Waals surface area (Å²) in [5.74, 6) is -0.0591. The van der Waals surface area contributed by atoms with Crippen molar-refractivity contribution in [2.45, 2.75) is 41.0 Å². The van der Waals surface area contributed by atoms with Crippen molar-refractivity contribution in [3.63, 3.8) is 0 Å². The SMILES string of the molecule is CC.CC/C(F)=C\C=C(C)C. The zero-order chi connectivity index (χ0) is 9.28. The highest BCUT2D eigenvalue weighted by molar-refractivity contribution is 5.10. The van der Waals surface area contributed by atoms with E-state index < -0.39 is 0 Å². The summed E-state index contributed by atoms with van der Waals surface area (Å²) in [5.41, 5.74) is 1.12. The maximum Gasteiger partial charge on any atom is 0.0996 e. The molecule has 0 nitrogen and oxygen atoms in total. The Hall–Kier alpha value is -0.590. The lowest BCUT2D eigenvalue weighted by Crippen LogP contribution is -1.66. The normalized spacial score (nSPS) is 9.82. The molecule has 0 amide bonds. The molecule has 0 aromatic rings. The smallest absolute Gasteiger partial charge is 0.0996 e. The summed E-state index contributed by atoms with van der Waals surface area (Å²) in [6.45, 7) is 9.68. The van der Waals surface area contributed by atoms with Crippen molar-refractivity contribution in [1.29, 1.82) is 0 Å². The molecule has 11 heavy (non-hydrogen) atoms. The van der Waals surface area contributed by atoms with Gasteiger partial charge in [-0.15, -0.1) is 0 Å². The highest BCUT2D eigenvalue weighted by Crippen LogP contribution is 2.02. The molecule has 0 aromatic heterocycles. The second-order valence-electron chi connectivity index (χ2n) is 2.21. The topological polar surface area (TPSA) is 0 Å². The van der Waals surface area contributed by atoms with Crippen LogP contribution >= 0.6 is 0 Å². The van der Waals surface area contributed by atoms with Crippen LogP contribution in [-0.2, 0) is 0 Å². The third kappa shape index (κ3) is 12.6. The van der Waals surface area contributed by atoms with E-state index >= 15 is 0 Å². The van der Waals surface area contributed by atoms with Gasteiger partial charge >= 0.3 is 0 Å². The first-order chi connectivity index (χ1) is 5.16. The predicted molar refractivity (Wildman–Crippen MR) is 50.3 cm³/mol. The Morgan fingerprint density at radius 1 is 1.18 bits per heavy atom. The van der Waals surface area contributed by atoms with Gasteiger partial charge in [-0.25, -0.2) is 4.39 Å². The molecule has 0 unspecified atom stereocenters. The standard InChI is InChI=1S/C8H13F.C2H6/c1-4-8(9)6-5-7(2)3;1-2/h5-6H,4H2,1-3H3;1-2H3/b8-6+;. The fraction of sp³-hybridized carbons (Fsp3) is 0.600. The lowest BCUT2D eigenvalue weighted by molar-refractivity contribution is 0.604. The zero-order valence-corrected chi connectivity index (χ0v) is 8.24. The van der Waals surface area contributed by atoms with E-state index in [1.54, 1.807) is 13.0 Å². The predicted octanol–water partition coefficient (Wildman–Crippen LogP) is 4.24. The van der Waals surface area contributed by atoms with E-state index in [0.29, 0.717) is 6.42 Å². The van der Waals surface area contributed by atoms with Gasteiger partial charge in [0.1, 0.15) is 0 Å². The maximum absolute atomic E-state index is 12.3. The van der Waals surface area contributed by atoms with Crippen LogP contribution in [0.2, 0.25) is 0 Å². The molecule has 0 N–H and O–H groups in total. The molecular weight excluding hydrogens is 139 g/mol. The van der Waals surface area contributed by atoms with Gasteiger partial charge in [0, 0.05) is 0 Å². The van der Waals surface area contributed by atoms with Gasteiger partial charge in [0.15, 0.2) is 0 Å². The van der Waals surface area contributed by atoms with Gasteiger partial charge in [-0.2, -0.15) is 0 Å². The second-order valence-corrected chi connectivity index (χ2v) is 2.21. The summed E-state index contributed by atoms with van der Waals surface area (Å²) in [7, 11) is 0. The van der Waals surface area contributed by atoms with Crippen molar-refractivity contribution in [1.82, 2.24) is 0 Å². The summed E-state index contributed by atoms with van der Waals surface area (Å²) in [5, 5.41) is 0. The number of hydrogen-bond acceptors (Lipinski definition) is 0. The van der Waals surface area contributed by atoms with Crippen molar-refractivity contribution in [2.75, 3.05) is 0 Å². The molecule has 0 atom stereocenters. The molecule has 0 aromatic carbocycles. The molecule has 0 radical (unpaired) electrons. The summed E-state index contributed by atoms with van der Waals surface area (Å²) < 4.78 is 12.3. The Bertz CT molecular complexity index is 128. The molecule has 0 spiro atoms. The average Bonchev–Trinajstić information content (AvgIpc) is 2.04. The van der Waals surface area contributed by atoms with Crippen molar-refractivity contribution in [3.05, 3.63) is 23.6 Å². The van der Waals surface area contributed by atoms with Gasteiger partial charge in [-0.1, -0.05) is 32.4 Å². The van der Waals surface area contributed by atoms with Gasteiger partial charge < -0.3 is 0 Å². The van der Waals surface area contributed by atoms with Crippen LogP contribution in [0, 0.1) is 0 Å². The largest absolute Gasteiger partial charge is 0.212 e.